The maximum atomic E-state index is 10.8. The molecule has 0 saturated heterocycles. The van der Waals surface area contributed by atoms with Crippen LogP contribution in [0.25, 0.3) is 0 Å². The normalized spacial score (nSPS) is 12.1. The Hall–Kier alpha value is -1.10. The molecule has 0 amide bonds. The van der Waals surface area contributed by atoms with Crippen molar-refractivity contribution < 1.29 is 19.4 Å². The Bertz CT molecular complexity index is 193. The van der Waals surface area contributed by atoms with E-state index in [1.54, 1.807) is 0 Å². The van der Waals surface area contributed by atoms with Crippen LogP contribution in [0.3, 0.4) is 0 Å². The molecule has 2 N–H and O–H groups in total. The Morgan fingerprint density at radius 2 is 2.14 bits per heavy atom. The summed E-state index contributed by atoms with van der Waals surface area (Å²) in [5.41, 5.74) is 0. The maximum absolute atomic E-state index is 10.8. The van der Waals surface area contributed by atoms with Gasteiger partial charge in [-0.05, 0) is 13.0 Å². The molecule has 0 unspecified atom stereocenters. The Morgan fingerprint density at radius 1 is 1.50 bits per heavy atom. The minimum Gasteiger partial charge on any atom is -0.480 e. The standard InChI is InChI=1S/C9H17NO4/c1-3-4-5-10-7(9(12)13)6-8(11)14-2/h7,10H,3-6H2,1-2H3,(H,12,13)/t7-/m1/s1. The zero-order valence-electron chi connectivity index (χ0n) is 8.58. The van der Waals surface area contributed by atoms with Gasteiger partial charge >= 0.3 is 11.9 Å². The molecule has 5 nitrogen and oxygen atoms in total. The number of ether oxygens (including phenoxy) is 1. The molecule has 0 rings (SSSR count). The van der Waals surface area contributed by atoms with Crippen molar-refractivity contribution in [3.8, 4) is 0 Å². The molecule has 0 fully saturated rings. The minimum atomic E-state index is -1.02. The van der Waals surface area contributed by atoms with Crippen LogP contribution in [-0.2, 0) is 14.3 Å². The lowest BCUT2D eigenvalue weighted by atomic mass is 10.2. The first kappa shape index (κ1) is 12.9. The fraction of sp³-hybridized carbons (Fsp3) is 0.778. The zero-order chi connectivity index (χ0) is 11.0. The van der Waals surface area contributed by atoms with Crippen molar-refractivity contribution in [2.45, 2.75) is 32.2 Å². The third-order valence-electron chi connectivity index (χ3n) is 1.82. The number of carbonyl (C=O) groups excluding carboxylic acids is 1. The van der Waals surface area contributed by atoms with E-state index < -0.39 is 18.0 Å². The van der Waals surface area contributed by atoms with Crippen LogP contribution in [0.15, 0.2) is 0 Å². The largest absolute Gasteiger partial charge is 0.480 e. The number of rotatable bonds is 7. The molecular formula is C9H17NO4. The van der Waals surface area contributed by atoms with Crippen LogP contribution >= 0.6 is 0 Å². The van der Waals surface area contributed by atoms with Crippen LogP contribution in [0.5, 0.6) is 0 Å². The number of hydrogen-bond donors (Lipinski definition) is 2. The summed E-state index contributed by atoms with van der Waals surface area (Å²) in [7, 11) is 1.24. The number of esters is 1. The van der Waals surface area contributed by atoms with E-state index in [0.717, 1.165) is 12.8 Å². The van der Waals surface area contributed by atoms with Gasteiger partial charge in [0.1, 0.15) is 6.04 Å². The number of aliphatic carboxylic acids is 1. The van der Waals surface area contributed by atoms with Crippen molar-refractivity contribution >= 4 is 11.9 Å². The molecule has 5 heteroatoms. The van der Waals surface area contributed by atoms with Gasteiger partial charge in [0, 0.05) is 0 Å². The number of carboxylic acid groups (broad SMARTS) is 1. The molecule has 82 valence electrons. The van der Waals surface area contributed by atoms with E-state index in [4.69, 9.17) is 5.11 Å². The van der Waals surface area contributed by atoms with Gasteiger partial charge in [-0.2, -0.15) is 0 Å². The second-order valence-electron chi connectivity index (χ2n) is 2.98. The van der Waals surface area contributed by atoms with Gasteiger partial charge in [-0.1, -0.05) is 13.3 Å². The molecule has 14 heavy (non-hydrogen) atoms. The Labute approximate surface area is 83.4 Å². The van der Waals surface area contributed by atoms with Crippen LogP contribution in [0.1, 0.15) is 26.2 Å². The van der Waals surface area contributed by atoms with Crippen molar-refractivity contribution in [1.29, 1.82) is 0 Å². The molecule has 0 aliphatic carbocycles. The number of methoxy groups -OCH3 is 1. The molecule has 0 aromatic rings. The second-order valence-corrected chi connectivity index (χ2v) is 2.98. The van der Waals surface area contributed by atoms with Gasteiger partial charge in [0.25, 0.3) is 0 Å². The van der Waals surface area contributed by atoms with E-state index in [0.29, 0.717) is 6.54 Å². The molecule has 0 bridgehead atoms. The number of nitrogens with one attached hydrogen (secondary N) is 1. The molecule has 1 atom stereocenters. The van der Waals surface area contributed by atoms with E-state index in [1.807, 2.05) is 6.92 Å². The molecule has 0 aliphatic rings. The first-order valence-corrected chi connectivity index (χ1v) is 4.64. The van der Waals surface area contributed by atoms with Gasteiger partial charge in [-0.15, -0.1) is 0 Å². The third-order valence-corrected chi connectivity index (χ3v) is 1.82. The summed E-state index contributed by atoms with van der Waals surface area (Å²) in [6, 6.07) is -0.839. The van der Waals surface area contributed by atoms with Crippen molar-refractivity contribution in [2.24, 2.45) is 0 Å². The molecule has 0 radical (unpaired) electrons. The molecule has 0 aromatic heterocycles. The molecule has 0 saturated carbocycles. The molecule has 0 spiro atoms. The number of carbonyl (C=O) groups is 2. The Morgan fingerprint density at radius 3 is 2.57 bits per heavy atom. The number of unbranched alkanes of at least 4 members (excludes halogenated alkanes) is 1. The van der Waals surface area contributed by atoms with Crippen molar-refractivity contribution in [2.75, 3.05) is 13.7 Å². The van der Waals surface area contributed by atoms with Crippen LogP contribution in [0.2, 0.25) is 0 Å². The summed E-state index contributed by atoms with van der Waals surface area (Å²) in [5.74, 6) is -1.53. The average Bonchev–Trinajstić information content (AvgIpc) is 2.16. The molecule has 0 aliphatic heterocycles. The highest BCUT2D eigenvalue weighted by Crippen LogP contribution is 1.96. The molecular weight excluding hydrogens is 186 g/mol. The fourth-order valence-corrected chi connectivity index (χ4v) is 0.950. The average molecular weight is 203 g/mol. The minimum absolute atomic E-state index is 0.129. The van der Waals surface area contributed by atoms with Gasteiger partial charge < -0.3 is 15.2 Å². The van der Waals surface area contributed by atoms with E-state index in [-0.39, 0.29) is 6.42 Å². The van der Waals surface area contributed by atoms with Crippen LogP contribution in [0.4, 0.5) is 0 Å². The topological polar surface area (TPSA) is 75.6 Å². The van der Waals surface area contributed by atoms with E-state index in [1.165, 1.54) is 7.11 Å². The summed E-state index contributed by atoms with van der Waals surface area (Å²) < 4.78 is 4.39. The van der Waals surface area contributed by atoms with Crippen molar-refractivity contribution in [3.05, 3.63) is 0 Å². The van der Waals surface area contributed by atoms with Crippen LogP contribution < -0.4 is 5.32 Å². The van der Waals surface area contributed by atoms with Crippen LogP contribution in [-0.4, -0.2) is 36.7 Å². The monoisotopic (exact) mass is 203 g/mol. The van der Waals surface area contributed by atoms with Gasteiger partial charge in [0.2, 0.25) is 0 Å². The quantitative estimate of drug-likeness (QED) is 0.462. The summed E-state index contributed by atoms with van der Waals surface area (Å²) in [6.07, 6.45) is 1.75. The Kier molecular flexibility index (Phi) is 6.74. The second kappa shape index (κ2) is 7.32. The first-order chi connectivity index (χ1) is 6.61. The van der Waals surface area contributed by atoms with Gasteiger partial charge in [-0.3, -0.25) is 9.59 Å². The smallest absolute Gasteiger partial charge is 0.321 e. The van der Waals surface area contributed by atoms with E-state index >= 15 is 0 Å². The third kappa shape index (κ3) is 5.53. The Balaban J connectivity index is 3.90. The first-order valence-electron chi connectivity index (χ1n) is 4.64. The summed E-state index contributed by atoms with van der Waals surface area (Å²) >= 11 is 0. The van der Waals surface area contributed by atoms with Gasteiger partial charge in [-0.25, -0.2) is 0 Å². The predicted molar refractivity (Wildman–Crippen MR) is 51.0 cm³/mol. The summed E-state index contributed by atoms with van der Waals surface area (Å²) in [5, 5.41) is 11.5. The number of hydrogen-bond acceptors (Lipinski definition) is 4. The highest BCUT2D eigenvalue weighted by Gasteiger charge is 2.20. The van der Waals surface area contributed by atoms with Gasteiger partial charge in [0.05, 0.1) is 13.5 Å². The molecule has 0 aromatic carbocycles. The predicted octanol–water partition coefficient (Wildman–Crippen LogP) is 0.392. The van der Waals surface area contributed by atoms with E-state index in [2.05, 4.69) is 10.1 Å². The highest BCUT2D eigenvalue weighted by molar-refractivity contribution is 5.81. The zero-order valence-corrected chi connectivity index (χ0v) is 8.58. The van der Waals surface area contributed by atoms with Gasteiger partial charge in [0.15, 0.2) is 0 Å². The maximum Gasteiger partial charge on any atom is 0.321 e. The fourth-order valence-electron chi connectivity index (χ4n) is 0.950. The lowest BCUT2D eigenvalue weighted by molar-refractivity contribution is -0.147. The summed E-state index contributed by atoms with van der Waals surface area (Å²) in [6.45, 7) is 2.61. The SMILES string of the molecule is CCCCN[C@H](CC(=O)OC)C(=O)O. The lowest BCUT2D eigenvalue weighted by Crippen LogP contribution is -2.39. The van der Waals surface area contributed by atoms with Crippen LogP contribution in [0, 0.1) is 0 Å². The molecule has 0 heterocycles. The van der Waals surface area contributed by atoms with Crippen molar-refractivity contribution in [3.63, 3.8) is 0 Å². The highest BCUT2D eigenvalue weighted by atomic mass is 16.5. The summed E-state index contributed by atoms with van der Waals surface area (Å²) in [4.78, 5) is 21.5. The van der Waals surface area contributed by atoms with Crippen molar-refractivity contribution in [1.82, 2.24) is 5.32 Å². The number of carboxylic acids is 1. The lowest BCUT2D eigenvalue weighted by Gasteiger charge is -2.12. The van der Waals surface area contributed by atoms with E-state index in [9.17, 15) is 9.59 Å².